The van der Waals surface area contributed by atoms with Crippen molar-refractivity contribution in [3.63, 3.8) is 0 Å². The van der Waals surface area contributed by atoms with E-state index in [9.17, 15) is 19.5 Å². The maximum absolute atomic E-state index is 13.0. The summed E-state index contributed by atoms with van der Waals surface area (Å²) in [7, 11) is 0. The molecule has 0 aliphatic heterocycles. The molecule has 2 N–H and O–H groups in total. The van der Waals surface area contributed by atoms with Crippen LogP contribution in [0.5, 0.6) is 0 Å². The van der Waals surface area contributed by atoms with Gasteiger partial charge in [0, 0.05) is 5.69 Å². The molecular weight excluding hydrogens is 366 g/mol. The summed E-state index contributed by atoms with van der Waals surface area (Å²) < 4.78 is 1.28. The molecule has 2 aromatic heterocycles. The molecule has 8 heteroatoms. The number of aromatic nitrogens is 2. The van der Waals surface area contributed by atoms with E-state index in [4.69, 9.17) is 0 Å². The van der Waals surface area contributed by atoms with Crippen molar-refractivity contribution >= 4 is 39.1 Å². The molecular formula is C19H19N3O4S. The van der Waals surface area contributed by atoms with Crippen LogP contribution in [0.4, 0.5) is 5.69 Å². The lowest BCUT2D eigenvalue weighted by molar-refractivity contribution is -0.119. The summed E-state index contributed by atoms with van der Waals surface area (Å²) in [6.07, 6.45) is 1.70. The fourth-order valence-electron chi connectivity index (χ4n) is 3.02. The minimum Gasteiger partial charge on any atom is -0.477 e. The zero-order valence-electron chi connectivity index (χ0n) is 15.1. The van der Waals surface area contributed by atoms with Crippen LogP contribution in [0.3, 0.4) is 0 Å². The number of hydrogen-bond acceptors (Lipinski definition) is 5. The molecule has 0 radical (unpaired) electrons. The first-order valence-corrected chi connectivity index (χ1v) is 9.26. The molecule has 1 unspecified atom stereocenters. The number of carboxylic acid groups (broad SMARTS) is 1. The highest BCUT2D eigenvalue weighted by molar-refractivity contribution is 7.20. The van der Waals surface area contributed by atoms with Gasteiger partial charge < -0.3 is 10.4 Å². The second-order valence-electron chi connectivity index (χ2n) is 6.28. The molecule has 1 amide bonds. The van der Waals surface area contributed by atoms with Crippen LogP contribution in [0.25, 0.3) is 10.2 Å². The van der Waals surface area contributed by atoms with Gasteiger partial charge in [0.2, 0.25) is 5.91 Å². The summed E-state index contributed by atoms with van der Waals surface area (Å²) in [6, 6.07) is 6.64. The topological polar surface area (TPSA) is 101 Å². The predicted octanol–water partition coefficient (Wildman–Crippen LogP) is 3.36. The van der Waals surface area contributed by atoms with Gasteiger partial charge in [-0.1, -0.05) is 19.1 Å². The highest BCUT2D eigenvalue weighted by Gasteiger charge is 2.24. The monoisotopic (exact) mass is 385 g/mol. The third-order valence-electron chi connectivity index (χ3n) is 4.38. The number of benzene rings is 1. The van der Waals surface area contributed by atoms with Gasteiger partial charge in [-0.15, -0.1) is 11.3 Å². The Morgan fingerprint density at radius 2 is 2.07 bits per heavy atom. The third kappa shape index (κ3) is 3.48. The normalized spacial score (nSPS) is 12.1. The zero-order valence-corrected chi connectivity index (χ0v) is 16.0. The van der Waals surface area contributed by atoms with Gasteiger partial charge in [0.25, 0.3) is 5.56 Å². The minimum atomic E-state index is -1.09. The van der Waals surface area contributed by atoms with E-state index in [1.54, 1.807) is 19.9 Å². The van der Waals surface area contributed by atoms with Crippen molar-refractivity contribution in [2.45, 2.75) is 33.2 Å². The lowest BCUT2D eigenvalue weighted by atomic mass is 10.1. The average molecular weight is 385 g/mol. The van der Waals surface area contributed by atoms with Crippen LogP contribution in [0.15, 0.2) is 35.4 Å². The number of nitrogens with one attached hydrogen (secondary N) is 1. The third-order valence-corrected chi connectivity index (χ3v) is 5.57. The van der Waals surface area contributed by atoms with Gasteiger partial charge in [0.15, 0.2) is 0 Å². The zero-order chi connectivity index (χ0) is 19.7. The van der Waals surface area contributed by atoms with E-state index in [0.29, 0.717) is 22.5 Å². The first kappa shape index (κ1) is 18.8. The largest absolute Gasteiger partial charge is 0.477 e. The first-order chi connectivity index (χ1) is 12.8. The summed E-state index contributed by atoms with van der Waals surface area (Å²) in [5.41, 5.74) is 1.63. The number of thiophene rings is 1. The van der Waals surface area contributed by atoms with Crippen LogP contribution in [0, 0.1) is 13.8 Å². The molecule has 7 nitrogen and oxygen atoms in total. The van der Waals surface area contributed by atoms with Crippen molar-refractivity contribution in [1.82, 2.24) is 9.55 Å². The van der Waals surface area contributed by atoms with E-state index in [2.05, 4.69) is 10.3 Å². The Morgan fingerprint density at radius 3 is 2.70 bits per heavy atom. The van der Waals surface area contributed by atoms with Gasteiger partial charge >= 0.3 is 5.97 Å². The van der Waals surface area contributed by atoms with Crippen LogP contribution < -0.4 is 10.9 Å². The number of amides is 1. The molecule has 0 saturated heterocycles. The van der Waals surface area contributed by atoms with Gasteiger partial charge in [0.1, 0.15) is 15.7 Å². The summed E-state index contributed by atoms with van der Waals surface area (Å²) in [5.74, 6) is -1.41. The Kier molecular flexibility index (Phi) is 5.09. The molecule has 0 saturated carbocycles. The van der Waals surface area contributed by atoms with Crippen molar-refractivity contribution in [2.24, 2.45) is 0 Å². The van der Waals surface area contributed by atoms with Gasteiger partial charge in [-0.2, -0.15) is 0 Å². The molecule has 0 aliphatic rings. The quantitative estimate of drug-likeness (QED) is 0.701. The van der Waals surface area contributed by atoms with Crippen molar-refractivity contribution in [3.05, 3.63) is 57.0 Å². The van der Waals surface area contributed by atoms with Crippen molar-refractivity contribution in [2.75, 3.05) is 5.32 Å². The van der Waals surface area contributed by atoms with Crippen LogP contribution >= 0.6 is 11.3 Å². The summed E-state index contributed by atoms with van der Waals surface area (Å²) in [6.45, 7) is 5.32. The number of aromatic carboxylic acids is 1. The molecule has 2 heterocycles. The van der Waals surface area contributed by atoms with Crippen LogP contribution in [-0.4, -0.2) is 26.5 Å². The molecule has 140 valence electrons. The predicted molar refractivity (Wildman–Crippen MR) is 105 cm³/mol. The van der Waals surface area contributed by atoms with Crippen LogP contribution in [0.2, 0.25) is 0 Å². The van der Waals surface area contributed by atoms with Crippen LogP contribution in [-0.2, 0) is 4.79 Å². The number of carbonyl (C=O) groups excluding carboxylic acids is 1. The maximum Gasteiger partial charge on any atom is 0.346 e. The van der Waals surface area contributed by atoms with Crippen molar-refractivity contribution in [3.8, 4) is 0 Å². The summed E-state index contributed by atoms with van der Waals surface area (Å²) >= 11 is 0.962. The van der Waals surface area contributed by atoms with Crippen LogP contribution in [0.1, 0.15) is 40.2 Å². The standard InChI is InChI=1S/C19H19N3O4S/c1-4-13(16(23)21-12-7-5-6-10(2)8-12)22-9-20-17-14(18(22)24)11(3)15(27-17)19(25)26/h5-9,13H,4H2,1-3H3,(H,21,23)(H,25,26). The SMILES string of the molecule is CCC(C(=O)Nc1cccc(C)c1)n1cnc2sc(C(=O)O)c(C)c2c1=O. The molecule has 1 aromatic carbocycles. The van der Waals surface area contributed by atoms with E-state index >= 15 is 0 Å². The van der Waals surface area contributed by atoms with E-state index in [1.807, 2.05) is 25.1 Å². The van der Waals surface area contributed by atoms with E-state index < -0.39 is 17.6 Å². The number of aryl methyl sites for hydroxylation is 2. The van der Waals surface area contributed by atoms with Crippen molar-refractivity contribution in [1.29, 1.82) is 0 Å². The molecule has 27 heavy (non-hydrogen) atoms. The van der Waals surface area contributed by atoms with Gasteiger partial charge in [0.05, 0.1) is 11.7 Å². The Labute approximate surface area is 159 Å². The van der Waals surface area contributed by atoms with E-state index in [1.165, 1.54) is 10.9 Å². The molecule has 3 rings (SSSR count). The summed E-state index contributed by atoms with van der Waals surface area (Å²) in [4.78, 5) is 41.7. The minimum absolute atomic E-state index is 0.0876. The number of anilines is 1. The maximum atomic E-state index is 13.0. The number of carboxylic acids is 1. The Bertz CT molecular complexity index is 1100. The molecule has 0 fully saturated rings. The summed E-state index contributed by atoms with van der Waals surface area (Å²) in [5, 5.41) is 12.3. The number of nitrogens with zero attached hydrogens (tertiary/aromatic N) is 2. The first-order valence-electron chi connectivity index (χ1n) is 8.44. The number of rotatable bonds is 5. The highest BCUT2D eigenvalue weighted by Crippen LogP contribution is 2.27. The molecule has 0 bridgehead atoms. The fourth-order valence-corrected chi connectivity index (χ4v) is 4.00. The number of fused-ring (bicyclic) bond motifs is 1. The van der Waals surface area contributed by atoms with E-state index in [-0.39, 0.29) is 16.2 Å². The molecule has 1 atom stereocenters. The van der Waals surface area contributed by atoms with E-state index in [0.717, 1.165) is 16.9 Å². The number of hydrogen-bond donors (Lipinski definition) is 2. The lowest BCUT2D eigenvalue weighted by Gasteiger charge is -2.17. The average Bonchev–Trinajstić information content (AvgIpc) is 2.95. The Hall–Kier alpha value is -3.00. The van der Waals surface area contributed by atoms with Crippen molar-refractivity contribution < 1.29 is 14.7 Å². The Balaban J connectivity index is 2.02. The second-order valence-corrected chi connectivity index (χ2v) is 7.28. The second kappa shape index (κ2) is 7.32. The van der Waals surface area contributed by atoms with Gasteiger partial charge in [-0.05, 0) is 43.5 Å². The molecule has 3 aromatic rings. The van der Waals surface area contributed by atoms with Gasteiger partial charge in [-0.25, -0.2) is 9.78 Å². The fraction of sp³-hybridized carbons (Fsp3) is 0.263. The highest BCUT2D eigenvalue weighted by atomic mass is 32.1. The molecule has 0 spiro atoms. The molecule has 0 aliphatic carbocycles. The number of carbonyl (C=O) groups is 2. The Morgan fingerprint density at radius 1 is 1.33 bits per heavy atom. The smallest absolute Gasteiger partial charge is 0.346 e. The lowest BCUT2D eigenvalue weighted by Crippen LogP contribution is -2.33. The van der Waals surface area contributed by atoms with Gasteiger partial charge in [-0.3, -0.25) is 14.2 Å².